The number of hydrogen-bond donors (Lipinski definition) is 3. The average Bonchev–Trinajstić information content (AvgIpc) is 2.41. The summed E-state index contributed by atoms with van der Waals surface area (Å²) in [6.45, 7) is 5.74. The van der Waals surface area contributed by atoms with Gasteiger partial charge in [-0.25, -0.2) is 4.39 Å². The number of phenolic OH excluding ortho intramolecular Hbond substituents is 1. The van der Waals surface area contributed by atoms with Crippen LogP contribution in [-0.4, -0.2) is 36.2 Å². The molecule has 0 amide bonds. The minimum absolute atomic E-state index is 0.0263. The van der Waals surface area contributed by atoms with Crippen molar-refractivity contribution in [1.29, 1.82) is 0 Å². The van der Waals surface area contributed by atoms with E-state index in [4.69, 9.17) is 5.73 Å². The normalized spacial score (nSPS) is 18.4. The van der Waals surface area contributed by atoms with E-state index >= 15 is 0 Å². The van der Waals surface area contributed by atoms with E-state index in [9.17, 15) is 9.50 Å². The van der Waals surface area contributed by atoms with Crippen LogP contribution in [0.1, 0.15) is 31.4 Å². The Morgan fingerprint density at radius 3 is 2.74 bits per heavy atom. The van der Waals surface area contributed by atoms with Crippen molar-refractivity contribution in [2.24, 2.45) is 0 Å². The summed E-state index contributed by atoms with van der Waals surface area (Å²) in [5.74, 6) is -0.361. The van der Waals surface area contributed by atoms with Gasteiger partial charge in [0.25, 0.3) is 0 Å². The third-order valence-electron chi connectivity index (χ3n) is 3.65. The van der Waals surface area contributed by atoms with E-state index in [2.05, 4.69) is 17.1 Å². The molecule has 4 nitrogen and oxygen atoms in total. The number of nitrogens with two attached hydrogens (primary N) is 1. The van der Waals surface area contributed by atoms with Gasteiger partial charge in [-0.05, 0) is 12.5 Å². The molecule has 2 rings (SSSR count). The Balaban J connectivity index is 2.32. The third kappa shape index (κ3) is 3.16. The number of hydrogen-bond acceptors (Lipinski definition) is 4. The summed E-state index contributed by atoms with van der Waals surface area (Å²) in [4.78, 5) is 2.29. The minimum atomic E-state index is -0.387. The Morgan fingerprint density at radius 1 is 1.42 bits per heavy atom. The van der Waals surface area contributed by atoms with Crippen molar-refractivity contribution in [3.8, 4) is 5.75 Å². The lowest BCUT2D eigenvalue weighted by Crippen LogP contribution is -2.45. The predicted octanol–water partition coefficient (Wildman–Crippen LogP) is 1.86. The molecule has 0 bridgehead atoms. The summed E-state index contributed by atoms with van der Waals surface area (Å²) in [5.41, 5.74) is 6.39. The molecule has 1 aliphatic rings. The molecule has 0 aromatic heterocycles. The van der Waals surface area contributed by atoms with E-state index in [0.29, 0.717) is 5.56 Å². The second-order valence-corrected chi connectivity index (χ2v) is 5.02. The Labute approximate surface area is 113 Å². The highest BCUT2D eigenvalue weighted by molar-refractivity contribution is 5.57. The van der Waals surface area contributed by atoms with Gasteiger partial charge in [-0.1, -0.05) is 13.3 Å². The zero-order valence-corrected chi connectivity index (χ0v) is 11.3. The van der Waals surface area contributed by atoms with Gasteiger partial charge in [-0.3, -0.25) is 4.90 Å². The first kappa shape index (κ1) is 14.1. The van der Waals surface area contributed by atoms with Crippen LogP contribution in [0.4, 0.5) is 10.1 Å². The van der Waals surface area contributed by atoms with Gasteiger partial charge in [0.15, 0.2) is 0 Å². The Morgan fingerprint density at radius 2 is 2.11 bits per heavy atom. The first-order valence-corrected chi connectivity index (χ1v) is 6.86. The highest BCUT2D eigenvalue weighted by Gasteiger charge is 2.25. The lowest BCUT2D eigenvalue weighted by Gasteiger charge is -2.35. The molecule has 4 N–H and O–H groups in total. The van der Waals surface area contributed by atoms with Crippen molar-refractivity contribution in [2.75, 3.05) is 31.9 Å². The Bertz CT molecular complexity index is 433. The molecule has 106 valence electrons. The SMILES string of the molecule is CCC[C@H](c1cc(F)cc(N)c1O)N1CCNCC1. The lowest BCUT2D eigenvalue weighted by atomic mass is 9.98. The second kappa shape index (κ2) is 6.21. The summed E-state index contributed by atoms with van der Waals surface area (Å²) in [7, 11) is 0. The highest BCUT2D eigenvalue weighted by Crippen LogP contribution is 2.36. The molecular weight excluding hydrogens is 245 g/mol. The molecule has 0 aliphatic carbocycles. The van der Waals surface area contributed by atoms with Gasteiger partial charge >= 0.3 is 0 Å². The van der Waals surface area contributed by atoms with Gasteiger partial charge in [0.2, 0.25) is 0 Å². The van der Waals surface area contributed by atoms with Gasteiger partial charge in [-0.2, -0.15) is 0 Å². The number of rotatable bonds is 4. The molecule has 19 heavy (non-hydrogen) atoms. The molecule has 1 atom stereocenters. The van der Waals surface area contributed by atoms with Gasteiger partial charge in [-0.15, -0.1) is 0 Å². The van der Waals surface area contributed by atoms with Crippen molar-refractivity contribution < 1.29 is 9.50 Å². The van der Waals surface area contributed by atoms with Crippen LogP contribution in [0.3, 0.4) is 0 Å². The molecular formula is C14H22FN3O. The summed E-state index contributed by atoms with van der Waals surface area (Å²) in [5, 5.41) is 13.4. The van der Waals surface area contributed by atoms with Gasteiger partial charge in [0.1, 0.15) is 11.6 Å². The fraction of sp³-hybridized carbons (Fsp3) is 0.571. The molecule has 1 heterocycles. The number of nitrogen functional groups attached to an aromatic ring is 1. The van der Waals surface area contributed by atoms with Crippen LogP contribution in [0.5, 0.6) is 5.75 Å². The predicted molar refractivity (Wildman–Crippen MR) is 74.6 cm³/mol. The summed E-state index contributed by atoms with van der Waals surface area (Å²) >= 11 is 0. The van der Waals surface area contributed by atoms with Gasteiger partial charge in [0, 0.05) is 43.9 Å². The molecule has 0 spiro atoms. The first-order chi connectivity index (χ1) is 9.13. The second-order valence-electron chi connectivity index (χ2n) is 5.02. The van der Waals surface area contributed by atoms with Crippen molar-refractivity contribution in [3.05, 3.63) is 23.5 Å². The van der Waals surface area contributed by atoms with Crippen LogP contribution in [-0.2, 0) is 0 Å². The number of nitrogens with zero attached hydrogens (tertiary/aromatic N) is 1. The molecule has 1 aliphatic heterocycles. The fourth-order valence-electron chi connectivity index (χ4n) is 2.70. The molecule has 0 radical (unpaired) electrons. The number of aromatic hydroxyl groups is 1. The molecule has 0 unspecified atom stereocenters. The lowest BCUT2D eigenvalue weighted by molar-refractivity contribution is 0.162. The molecule has 1 aromatic carbocycles. The highest BCUT2D eigenvalue weighted by atomic mass is 19.1. The van der Waals surface area contributed by atoms with Gasteiger partial charge < -0.3 is 16.2 Å². The standard InChI is InChI=1S/C14H22FN3O/c1-2-3-13(18-6-4-17-5-7-18)11-8-10(15)9-12(16)14(11)19/h8-9,13,17,19H,2-7,16H2,1H3/t13-/m1/s1. The number of nitrogens with one attached hydrogen (secondary N) is 1. The van der Waals surface area contributed by atoms with E-state index in [1.54, 1.807) is 0 Å². The van der Waals surface area contributed by atoms with Crippen LogP contribution in [0.25, 0.3) is 0 Å². The van der Waals surface area contributed by atoms with E-state index < -0.39 is 0 Å². The van der Waals surface area contributed by atoms with Crippen molar-refractivity contribution in [1.82, 2.24) is 10.2 Å². The number of halogens is 1. The molecule has 0 saturated carbocycles. The largest absolute Gasteiger partial charge is 0.505 e. The number of piperazine rings is 1. The number of anilines is 1. The maximum Gasteiger partial charge on any atom is 0.143 e. The van der Waals surface area contributed by atoms with Crippen molar-refractivity contribution in [2.45, 2.75) is 25.8 Å². The van der Waals surface area contributed by atoms with Crippen molar-refractivity contribution >= 4 is 5.69 Å². The fourth-order valence-corrected chi connectivity index (χ4v) is 2.70. The average molecular weight is 267 g/mol. The maximum absolute atomic E-state index is 13.6. The van der Waals surface area contributed by atoms with Crippen LogP contribution < -0.4 is 11.1 Å². The zero-order valence-electron chi connectivity index (χ0n) is 11.3. The Hall–Kier alpha value is -1.33. The van der Waals surface area contributed by atoms with E-state index in [1.165, 1.54) is 12.1 Å². The van der Waals surface area contributed by atoms with E-state index in [-0.39, 0.29) is 23.3 Å². The number of benzene rings is 1. The summed E-state index contributed by atoms with van der Waals surface area (Å²) in [6.07, 6.45) is 1.86. The van der Waals surface area contributed by atoms with Crippen LogP contribution >= 0.6 is 0 Å². The third-order valence-corrected chi connectivity index (χ3v) is 3.65. The minimum Gasteiger partial charge on any atom is -0.505 e. The smallest absolute Gasteiger partial charge is 0.143 e. The van der Waals surface area contributed by atoms with E-state index in [0.717, 1.165) is 39.0 Å². The first-order valence-electron chi connectivity index (χ1n) is 6.86. The van der Waals surface area contributed by atoms with E-state index in [1.807, 2.05) is 0 Å². The summed E-state index contributed by atoms with van der Waals surface area (Å²) in [6, 6.07) is 2.61. The topological polar surface area (TPSA) is 61.5 Å². The maximum atomic E-state index is 13.6. The Kier molecular flexibility index (Phi) is 4.61. The molecule has 1 saturated heterocycles. The van der Waals surface area contributed by atoms with Crippen LogP contribution in [0.2, 0.25) is 0 Å². The summed E-state index contributed by atoms with van der Waals surface area (Å²) < 4.78 is 13.6. The van der Waals surface area contributed by atoms with Gasteiger partial charge in [0.05, 0.1) is 5.69 Å². The molecule has 1 fully saturated rings. The zero-order chi connectivity index (χ0) is 13.8. The molecule has 1 aromatic rings. The van der Waals surface area contributed by atoms with Crippen LogP contribution in [0.15, 0.2) is 12.1 Å². The monoisotopic (exact) mass is 267 g/mol. The quantitative estimate of drug-likeness (QED) is 0.575. The number of phenols is 1. The van der Waals surface area contributed by atoms with Crippen LogP contribution in [0, 0.1) is 5.82 Å². The van der Waals surface area contributed by atoms with Crippen molar-refractivity contribution in [3.63, 3.8) is 0 Å². The molecule has 5 heteroatoms.